The van der Waals surface area contributed by atoms with Crippen LogP contribution in [0.4, 0.5) is 8.78 Å². The summed E-state index contributed by atoms with van der Waals surface area (Å²) in [6, 6.07) is 8.59. The van der Waals surface area contributed by atoms with Gasteiger partial charge < -0.3 is 9.47 Å². The van der Waals surface area contributed by atoms with Gasteiger partial charge in [0.25, 0.3) is 0 Å². The lowest BCUT2D eigenvalue weighted by atomic mass is 10.2. The Morgan fingerprint density at radius 3 is 2.74 bits per heavy atom. The van der Waals surface area contributed by atoms with Gasteiger partial charge in [-0.2, -0.15) is 0 Å². The first-order valence-corrected chi connectivity index (χ1v) is 8.49. The highest BCUT2D eigenvalue weighted by Crippen LogP contribution is 2.35. The molecule has 0 saturated carbocycles. The lowest BCUT2D eigenvalue weighted by Gasteiger charge is -2.26. The molecule has 0 saturated heterocycles. The van der Waals surface area contributed by atoms with Crippen molar-refractivity contribution in [1.29, 1.82) is 0 Å². The van der Waals surface area contributed by atoms with Crippen molar-refractivity contribution >= 4 is 27.0 Å². The molecule has 0 bridgehead atoms. The molecule has 2 aromatic carbocycles. The normalized spacial score (nSPS) is 17.8. The van der Waals surface area contributed by atoms with Crippen LogP contribution in [0.5, 0.6) is 11.5 Å². The minimum absolute atomic E-state index is 0.0209. The van der Waals surface area contributed by atoms with Gasteiger partial charge in [-0.3, -0.25) is 4.18 Å². The topological polar surface area (TPSA) is 44.8 Å². The molecule has 0 fully saturated rings. The van der Waals surface area contributed by atoms with Gasteiger partial charge in [-0.25, -0.2) is 13.0 Å². The number of fused-ring (bicyclic) bond motifs is 1. The highest BCUT2D eigenvalue weighted by atomic mass is 79.9. The van der Waals surface area contributed by atoms with Crippen LogP contribution in [0, 0.1) is 11.6 Å². The van der Waals surface area contributed by atoms with Crippen LogP contribution >= 0.6 is 15.9 Å². The van der Waals surface area contributed by atoms with Gasteiger partial charge in [0.05, 0.1) is 4.90 Å². The fraction of sp³-hybridized carbons (Fsp3) is 0.200. The van der Waals surface area contributed by atoms with Crippen LogP contribution < -0.4 is 9.47 Å². The maximum absolute atomic E-state index is 13.5. The maximum Gasteiger partial charge on any atom is 0.197 e. The summed E-state index contributed by atoms with van der Waals surface area (Å²) in [5, 5.41) is 0. The number of ether oxygens (including phenoxy) is 2. The number of halogens is 3. The molecular weight excluding hydrogens is 394 g/mol. The lowest BCUT2D eigenvalue weighted by molar-refractivity contribution is 0.0540. The van der Waals surface area contributed by atoms with E-state index < -0.39 is 28.8 Å². The second-order valence-electron chi connectivity index (χ2n) is 4.74. The molecule has 1 aliphatic heterocycles. The molecule has 122 valence electrons. The minimum atomic E-state index is -1.66. The Balaban J connectivity index is 1.61. The monoisotopic (exact) mass is 404 g/mol. The number of rotatable bonds is 4. The van der Waals surface area contributed by atoms with Crippen molar-refractivity contribution in [3.8, 4) is 11.5 Å². The van der Waals surface area contributed by atoms with Crippen LogP contribution in [0.25, 0.3) is 0 Å². The number of hydrogen-bond acceptors (Lipinski definition) is 4. The lowest BCUT2D eigenvalue weighted by Crippen LogP contribution is -2.34. The van der Waals surface area contributed by atoms with E-state index in [4.69, 9.17) is 13.7 Å². The molecule has 23 heavy (non-hydrogen) atoms. The van der Waals surface area contributed by atoms with Crippen molar-refractivity contribution in [2.75, 3.05) is 13.2 Å². The van der Waals surface area contributed by atoms with E-state index in [9.17, 15) is 13.0 Å². The summed E-state index contributed by atoms with van der Waals surface area (Å²) in [7, 11) is 0. The van der Waals surface area contributed by atoms with E-state index in [-0.39, 0.29) is 24.7 Å². The second kappa shape index (κ2) is 6.94. The average molecular weight is 405 g/mol. The Labute approximate surface area is 142 Å². The van der Waals surface area contributed by atoms with Crippen molar-refractivity contribution in [2.24, 2.45) is 0 Å². The Morgan fingerprint density at radius 1 is 1.26 bits per heavy atom. The van der Waals surface area contributed by atoms with Crippen molar-refractivity contribution in [1.82, 2.24) is 0 Å². The van der Waals surface area contributed by atoms with Crippen LogP contribution in [-0.2, 0) is 15.3 Å². The first-order chi connectivity index (χ1) is 11.0. The first-order valence-electron chi connectivity index (χ1n) is 6.62. The zero-order chi connectivity index (χ0) is 16.4. The van der Waals surface area contributed by atoms with Crippen LogP contribution in [0.2, 0.25) is 0 Å². The zero-order valence-electron chi connectivity index (χ0n) is 11.6. The van der Waals surface area contributed by atoms with E-state index in [1.807, 2.05) is 0 Å². The predicted octanol–water partition coefficient (Wildman–Crippen LogP) is 3.61. The van der Waals surface area contributed by atoms with Crippen molar-refractivity contribution in [3.63, 3.8) is 0 Å². The van der Waals surface area contributed by atoms with E-state index in [0.717, 1.165) is 16.6 Å². The minimum Gasteiger partial charge on any atom is -0.483 e. The molecule has 0 N–H and O–H groups in total. The van der Waals surface area contributed by atoms with Crippen LogP contribution in [0.3, 0.4) is 0 Å². The standard InChI is InChI=1S/C15H11BrF2O4S/c16-9-1-3-12(4-2-9)23(19)21-8-11-7-20-15-13(18)5-10(17)6-14(15)22-11/h1-6,11H,7-8H2. The highest BCUT2D eigenvalue weighted by molar-refractivity contribution is 9.10. The van der Waals surface area contributed by atoms with E-state index in [1.54, 1.807) is 24.3 Å². The first kappa shape index (κ1) is 16.4. The molecule has 1 aliphatic rings. The van der Waals surface area contributed by atoms with Crippen molar-refractivity contribution in [3.05, 3.63) is 52.5 Å². The van der Waals surface area contributed by atoms with Gasteiger partial charge >= 0.3 is 0 Å². The average Bonchev–Trinajstić information content (AvgIpc) is 2.52. The highest BCUT2D eigenvalue weighted by Gasteiger charge is 2.25. The molecule has 0 aliphatic carbocycles. The molecule has 4 nitrogen and oxygen atoms in total. The third-order valence-corrected chi connectivity index (χ3v) is 4.58. The summed E-state index contributed by atoms with van der Waals surface area (Å²) in [6.07, 6.45) is -0.608. The summed E-state index contributed by atoms with van der Waals surface area (Å²) < 4.78 is 55.5. The summed E-state index contributed by atoms with van der Waals surface area (Å²) >= 11 is 1.62. The summed E-state index contributed by atoms with van der Waals surface area (Å²) in [6.45, 7) is -0.0205. The van der Waals surface area contributed by atoms with Gasteiger partial charge in [-0.1, -0.05) is 15.9 Å². The molecule has 1 heterocycles. The van der Waals surface area contributed by atoms with Crippen molar-refractivity contribution < 1.29 is 26.6 Å². The molecule has 3 rings (SSSR count). The fourth-order valence-corrected chi connectivity index (χ4v) is 3.02. The molecule has 2 unspecified atom stereocenters. The Bertz CT molecular complexity index is 739. The third-order valence-electron chi connectivity index (χ3n) is 3.05. The predicted molar refractivity (Wildman–Crippen MR) is 82.8 cm³/mol. The SMILES string of the molecule is O=S(OCC1COc2c(F)cc(F)cc2O1)c1ccc(Br)cc1. The van der Waals surface area contributed by atoms with Gasteiger partial charge in [-0.05, 0) is 24.3 Å². The molecule has 0 aromatic heterocycles. The van der Waals surface area contributed by atoms with Gasteiger partial charge in [-0.15, -0.1) is 0 Å². The maximum atomic E-state index is 13.5. The summed E-state index contributed by atoms with van der Waals surface area (Å²) in [5.74, 6) is -1.74. The Hall–Kier alpha value is -1.51. The summed E-state index contributed by atoms with van der Waals surface area (Å²) in [4.78, 5) is 0.502. The Kier molecular flexibility index (Phi) is 4.93. The zero-order valence-corrected chi connectivity index (χ0v) is 14.0. The van der Waals surface area contributed by atoms with Gasteiger partial charge in [0.2, 0.25) is 0 Å². The molecule has 0 spiro atoms. The van der Waals surface area contributed by atoms with E-state index in [2.05, 4.69) is 15.9 Å². The van der Waals surface area contributed by atoms with E-state index >= 15 is 0 Å². The number of hydrogen-bond donors (Lipinski definition) is 0. The van der Waals surface area contributed by atoms with Crippen LogP contribution in [-0.4, -0.2) is 23.5 Å². The molecule has 2 aromatic rings. The quantitative estimate of drug-likeness (QED) is 0.780. The third kappa shape index (κ3) is 3.88. The van der Waals surface area contributed by atoms with E-state index in [1.165, 1.54) is 0 Å². The van der Waals surface area contributed by atoms with Gasteiger partial charge in [0.1, 0.15) is 19.0 Å². The van der Waals surface area contributed by atoms with Crippen molar-refractivity contribution in [2.45, 2.75) is 11.0 Å². The molecule has 2 atom stereocenters. The van der Waals surface area contributed by atoms with Crippen LogP contribution in [0.15, 0.2) is 45.8 Å². The smallest absolute Gasteiger partial charge is 0.197 e. The largest absolute Gasteiger partial charge is 0.483 e. The van der Waals surface area contributed by atoms with Gasteiger partial charge in [0.15, 0.2) is 34.5 Å². The second-order valence-corrected chi connectivity index (χ2v) is 6.83. The molecule has 0 amide bonds. The Morgan fingerprint density at radius 2 is 2.00 bits per heavy atom. The summed E-state index contributed by atoms with van der Waals surface area (Å²) in [5.41, 5.74) is 0. The van der Waals surface area contributed by atoms with Gasteiger partial charge in [0, 0.05) is 16.6 Å². The molecule has 8 heteroatoms. The van der Waals surface area contributed by atoms with E-state index in [0.29, 0.717) is 4.90 Å². The van der Waals surface area contributed by atoms with Crippen LogP contribution in [0.1, 0.15) is 0 Å². The fourth-order valence-electron chi connectivity index (χ4n) is 1.99. The molecular formula is C15H11BrF2O4S. The molecule has 0 radical (unpaired) electrons. The number of benzene rings is 2.